The number of amides is 1. The molecule has 2 aliphatic heterocycles. The topological polar surface area (TPSA) is 42.0 Å². The lowest BCUT2D eigenvalue weighted by molar-refractivity contribution is -0.157. The molecule has 6 heteroatoms. The van der Waals surface area contributed by atoms with Gasteiger partial charge >= 0.3 is 0 Å². The fourth-order valence-corrected chi connectivity index (χ4v) is 7.98. The maximum absolute atomic E-state index is 13.6. The van der Waals surface area contributed by atoms with Gasteiger partial charge in [-0.25, -0.2) is 0 Å². The summed E-state index contributed by atoms with van der Waals surface area (Å²) < 4.78 is 11.3. The van der Waals surface area contributed by atoms with Crippen LogP contribution in [0.3, 0.4) is 0 Å². The Morgan fingerprint density at radius 3 is 2.40 bits per heavy atom. The molecule has 2 heterocycles. The van der Waals surface area contributed by atoms with Gasteiger partial charge in [-0.15, -0.1) is 11.6 Å². The van der Waals surface area contributed by atoms with E-state index in [2.05, 4.69) is 21.9 Å². The third-order valence-electron chi connectivity index (χ3n) is 8.12. The predicted octanol–water partition coefficient (Wildman–Crippen LogP) is 3.68. The zero-order valence-electron chi connectivity index (χ0n) is 17.6. The van der Waals surface area contributed by atoms with Gasteiger partial charge in [-0.1, -0.05) is 6.07 Å². The van der Waals surface area contributed by atoms with E-state index in [0.29, 0.717) is 31.0 Å². The molecule has 1 saturated heterocycles. The number of halogens is 1. The van der Waals surface area contributed by atoms with E-state index in [1.54, 1.807) is 0 Å². The quantitative estimate of drug-likeness (QED) is 0.686. The maximum Gasteiger partial charge on any atom is 0.228 e. The Labute approximate surface area is 183 Å². The van der Waals surface area contributed by atoms with Crippen molar-refractivity contribution in [3.8, 4) is 11.5 Å². The second kappa shape index (κ2) is 7.03. The lowest BCUT2D eigenvalue weighted by atomic mass is 9.49. The van der Waals surface area contributed by atoms with Crippen LogP contribution in [0.25, 0.3) is 0 Å². The first-order valence-electron chi connectivity index (χ1n) is 11.6. The van der Waals surface area contributed by atoms with Crippen LogP contribution in [0.5, 0.6) is 11.5 Å². The Hall–Kier alpha value is -1.46. The molecule has 0 N–H and O–H groups in total. The molecule has 1 aromatic rings. The highest BCUT2D eigenvalue weighted by molar-refractivity contribution is 6.24. The first-order chi connectivity index (χ1) is 14.5. The van der Waals surface area contributed by atoms with Gasteiger partial charge < -0.3 is 14.4 Å². The van der Waals surface area contributed by atoms with Crippen LogP contribution in [0, 0.1) is 17.3 Å². The van der Waals surface area contributed by atoms with E-state index in [1.165, 1.54) is 12.0 Å². The van der Waals surface area contributed by atoms with Gasteiger partial charge in [0, 0.05) is 37.6 Å². The number of hydrogen-bond donors (Lipinski definition) is 0. The number of fused-ring (bicyclic) bond motifs is 1. The van der Waals surface area contributed by atoms with Crippen LogP contribution >= 0.6 is 11.6 Å². The van der Waals surface area contributed by atoms with Crippen molar-refractivity contribution in [2.45, 2.75) is 49.9 Å². The zero-order chi connectivity index (χ0) is 20.3. The molecule has 4 bridgehead atoms. The number of ether oxygens (including phenoxy) is 2. The van der Waals surface area contributed by atoms with Gasteiger partial charge in [0.1, 0.15) is 13.2 Å². The van der Waals surface area contributed by atoms with Crippen LogP contribution in [0.1, 0.15) is 44.1 Å². The molecule has 30 heavy (non-hydrogen) atoms. The molecule has 7 rings (SSSR count). The number of nitrogens with zero attached hydrogens (tertiary/aromatic N) is 2. The molecule has 0 aromatic heterocycles. The van der Waals surface area contributed by atoms with Crippen molar-refractivity contribution in [2.75, 3.05) is 39.4 Å². The minimum atomic E-state index is -0.163. The Bertz CT molecular complexity index is 837. The number of carbonyl (C=O) groups excluding carboxylic acids is 1. The minimum absolute atomic E-state index is 0.0974. The number of hydrogen-bond acceptors (Lipinski definition) is 4. The summed E-state index contributed by atoms with van der Waals surface area (Å²) in [5.41, 5.74) is 1.08. The second-order valence-electron chi connectivity index (χ2n) is 10.4. The Morgan fingerprint density at radius 2 is 1.70 bits per heavy atom. The highest BCUT2D eigenvalue weighted by Gasteiger charge is 2.60. The lowest BCUT2D eigenvalue weighted by Gasteiger charge is -2.60. The molecule has 0 unspecified atom stereocenters. The molecule has 6 aliphatic rings. The van der Waals surface area contributed by atoms with Crippen LogP contribution in [0.2, 0.25) is 0 Å². The van der Waals surface area contributed by atoms with E-state index in [4.69, 9.17) is 21.1 Å². The summed E-state index contributed by atoms with van der Waals surface area (Å²) in [6.45, 7) is 5.63. The monoisotopic (exact) mass is 430 g/mol. The van der Waals surface area contributed by atoms with Crippen LogP contribution in [-0.4, -0.2) is 60.0 Å². The summed E-state index contributed by atoms with van der Waals surface area (Å²) in [5.74, 6) is 3.44. The average Bonchev–Trinajstić information content (AvgIpc) is 2.72. The molecule has 4 saturated carbocycles. The fourth-order valence-electron chi connectivity index (χ4n) is 7.29. The largest absolute Gasteiger partial charge is 0.486 e. The third-order valence-corrected chi connectivity index (χ3v) is 8.56. The van der Waals surface area contributed by atoms with Crippen molar-refractivity contribution in [1.82, 2.24) is 9.80 Å². The number of rotatable bonds is 3. The molecule has 162 valence electrons. The van der Waals surface area contributed by atoms with Crippen molar-refractivity contribution >= 4 is 17.5 Å². The van der Waals surface area contributed by atoms with Crippen LogP contribution in [0.4, 0.5) is 0 Å². The molecule has 5 fully saturated rings. The first-order valence-corrected chi connectivity index (χ1v) is 12.0. The van der Waals surface area contributed by atoms with E-state index >= 15 is 0 Å². The summed E-state index contributed by atoms with van der Waals surface area (Å²) in [4.78, 5) is 18.1. The molecule has 0 radical (unpaired) electrons. The van der Waals surface area contributed by atoms with Crippen molar-refractivity contribution in [2.24, 2.45) is 17.3 Å². The van der Waals surface area contributed by atoms with Crippen molar-refractivity contribution in [3.63, 3.8) is 0 Å². The first kappa shape index (κ1) is 19.2. The lowest BCUT2D eigenvalue weighted by Crippen LogP contribution is -2.61. The molecule has 0 spiro atoms. The van der Waals surface area contributed by atoms with E-state index < -0.39 is 0 Å². The summed E-state index contributed by atoms with van der Waals surface area (Å²) >= 11 is 6.97. The minimum Gasteiger partial charge on any atom is -0.486 e. The Balaban J connectivity index is 1.09. The zero-order valence-corrected chi connectivity index (χ0v) is 18.3. The van der Waals surface area contributed by atoms with E-state index in [-0.39, 0.29) is 10.3 Å². The normalized spacial score (nSPS) is 37.4. The number of alkyl halides is 1. The van der Waals surface area contributed by atoms with Crippen molar-refractivity contribution < 1.29 is 14.3 Å². The van der Waals surface area contributed by atoms with Crippen LogP contribution < -0.4 is 9.47 Å². The van der Waals surface area contributed by atoms with Crippen molar-refractivity contribution in [3.05, 3.63) is 23.8 Å². The Kier molecular flexibility index (Phi) is 4.51. The standard InChI is InChI=1S/C24H31ClN2O3/c25-24-13-18-9-19(14-24)12-23(11-18,16-24)22(28)27-5-3-26(4-6-27)15-17-1-2-20-21(10-17)30-8-7-29-20/h1-2,10,18-19H,3-9,11-16H2/t18-,19-,23?,24?/m1/s1. The number of benzene rings is 1. The smallest absolute Gasteiger partial charge is 0.228 e. The van der Waals surface area contributed by atoms with Gasteiger partial charge in [0.25, 0.3) is 0 Å². The van der Waals surface area contributed by atoms with E-state index in [1.807, 2.05) is 6.07 Å². The van der Waals surface area contributed by atoms with Gasteiger partial charge in [0.15, 0.2) is 11.5 Å². The molecular formula is C24H31ClN2O3. The van der Waals surface area contributed by atoms with E-state index in [0.717, 1.165) is 76.3 Å². The van der Waals surface area contributed by atoms with Gasteiger partial charge in [-0.05, 0) is 68.1 Å². The summed E-state index contributed by atoms with van der Waals surface area (Å²) in [6.07, 6.45) is 6.62. The summed E-state index contributed by atoms with van der Waals surface area (Å²) in [7, 11) is 0. The highest BCUT2D eigenvalue weighted by atomic mass is 35.5. The molecule has 1 amide bonds. The molecule has 4 aliphatic carbocycles. The van der Waals surface area contributed by atoms with Crippen LogP contribution in [0.15, 0.2) is 18.2 Å². The average molecular weight is 431 g/mol. The summed E-state index contributed by atoms with van der Waals surface area (Å²) in [5, 5.41) is 0. The molecular weight excluding hydrogens is 400 g/mol. The van der Waals surface area contributed by atoms with Crippen molar-refractivity contribution in [1.29, 1.82) is 0 Å². The van der Waals surface area contributed by atoms with Gasteiger partial charge in [0.05, 0.1) is 5.41 Å². The number of carbonyl (C=O) groups is 1. The SMILES string of the molecule is O=C(N1CCN(Cc2ccc3c(c2)OCCO3)CC1)C12C[C@H]3C[C@@H](CC(Cl)(C3)C1)C2. The van der Waals surface area contributed by atoms with Gasteiger partial charge in [-0.3, -0.25) is 9.69 Å². The molecule has 1 aromatic carbocycles. The predicted molar refractivity (Wildman–Crippen MR) is 115 cm³/mol. The molecule has 2 atom stereocenters. The maximum atomic E-state index is 13.6. The number of piperazine rings is 1. The molecule has 5 nitrogen and oxygen atoms in total. The second-order valence-corrected chi connectivity index (χ2v) is 11.2. The van der Waals surface area contributed by atoms with Gasteiger partial charge in [-0.2, -0.15) is 0 Å². The fraction of sp³-hybridized carbons (Fsp3) is 0.708. The van der Waals surface area contributed by atoms with Crippen LogP contribution in [-0.2, 0) is 11.3 Å². The third kappa shape index (κ3) is 3.29. The summed E-state index contributed by atoms with van der Waals surface area (Å²) in [6, 6.07) is 6.24. The van der Waals surface area contributed by atoms with Gasteiger partial charge in [0.2, 0.25) is 5.91 Å². The Morgan fingerprint density at radius 1 is 1.00 bits per heavy atom. The van der Waals surface area contributed by atoms with E-state index in [9.17, 15) is 4.79 Å². The highest BCUT2D eigenvalue weighted by Crippen LogP contribution is 2.64.